The van der Waals surface area contributed by atoms with Crippen molar-refractivity contribution < 1.29 is 4.79 Å². The van der Waals surface area contributed by atoms with Crippen LogP contribution < -0.4 is 5.32 Å². The maximum Gasteiger partial charge on any atom is 0.168 e. The fraction of sp³-hybridized carbons (Fsp3) is 0.333. The molecular formula is C30H33N5O. The Balaban J connectivity index is 1.35. The number of likely N-dealkylation sites (tertiary alicyclic amines) is 1. The van der Waals surface area contributed by atoms with Crippen LogP contribution in [0.2, 0.25) is 0 Å². The van der Waals surface area contributed by atoms with Gasteiger partial charge in [-0.25, -0.2) is 0 Å². The summed E-state index contributed by atoms with van der Waals surface area (Å²) < 4.78 is 0. The molecule has 1 saturated heterocycles. The number of pyridine rings is 3. The number of ketones is 1. The summed E-state index contributed by atoms with van der Waals surface area (Å²) in [6.45, 7) is 6.41. The summed E-state index contributed by atoms with van der Waals surface area (Å²) in [5, 5.41) is 5.35. The molecule has 6 nitrogen and oxygen atoms in total. The standard InChI is InChI=1S/C30H33N5O/c1-20(2)34-28-13-25(16-31-19-28)29-14-24-12-27(32-17-26(24)18-33-29)15-30(36)23-6-4-5-22(11-23)21-7-9-35(3)10-8-21/h4-6,11-14,16-21,34H,7-10,15H2,1-3H3. The lowest BCUT2D eigenvalue weighted by atomic mass is 9.88. The molecule has 4 heterocycles. The molecule has 1 aromatic carbocycles. The second-order valence-electron chi connectivity index (χ2n) is 10.2. The molecule has 4 aromatic rings. The Morgan fingerprint density at radius 1 is 1.00 bits per heavy atom. The number of hydrogen-bond donors (Lipinski definition) is 1. The van der Waals surface area contributed by atoms with Crippen LogP contribution in [0.1, 0.15) is 54.2 Å². The normalized spacial score (nSPS) is 14.9. The molecule has 0 saturated carbocycles. The predicted octanol–water partition coefficient (Wildman–Crippen LogP) is 5.75. The van der Waals surface area contributed by atoms with Crippen molar-refractivity contribution in [3.8, 4) is 11.3 Å². The Morgan fingerprint density at radius 2 is 1.81 bits per heavy atom. The highest BCUT2D eigenvalue weighted by molar-refractivity contribution is 5.98. The highest BCUT2D eigenvalue weighted by atomic mass is 16.1. The number of piperidine rings is 1. The molecule has 184 valence electrons. The number of benzene rings is 1. The molecule has 0 radical (unpaired) electrons. The van der Waals surface area contributed by atoms with Gasteiger partial charge in [0.1, 0.15) is 0 Å². The monoisotopic (exact) mass is 479 g/mol. The van der Waals surface area contributed by atoms with Gasteiger partial charge in [0.2, 0.25) is 0 Å². The smallest absolute Gasteiger partial charge is 0.168 e. The van der Waals surface area contributed by atoms with Crippen LogP contribution in [-0.4, -0.2) is 51.8 Å². The minimum absolute atomic E-state index is 0.0996. The number of nitrogens with zero attached hydrogens (tertiary/aromatic N) is 4. The predicted molar refractivity (Wildman–Crippen MR) is 145 cm³/mol. The molecule has 5 rings (SSSR count). The second kappa shape index (κ2) is 10.5. The average Bonchev–Trinajstić information content (AvgIpc) is 2.88. The zero-order valence-electron chi connectivity index (χ0n) is 21.2. The number of carbonyl (C=O) groups is 1. The quantitative estimate of drug-likeness (QED) is 0.341. The number of rotatable bonds is 7. The number of aromatic nitrogens is 3. The van der Waals surface area contributed by atoms with E-state index in [1.807, 2.05) is 42.9 Å². The van der Waals surface area contributed by atoms with Crippen LogP contribution in [0.25, 0.3) is 22.0 Å². The summed E-state index contributed by atoms with van der Waals surface area (Å²) in [7, 11) is 2.17. The minimum Gasteiger partial charge on any atom is -0.382 e. The Morgan fingerprint density at radius 3 is 2.61 bits per heavy atom. The van der Waals surface area contributed by atoms with Gasteiger partial charge < -0.3 is 10.2 Å². The Kier molecular flexibility index (Phi) is 7.05. The molecule has 36 heavy (non-hydrogen) atoms. The third-order valence-electron chi connectivity index (χ3n) is 6.89. The summed E-state index contributed by atoms with van der Waals surface area (Å²) >= 11 is 0. The van der Waals surface area contributed by atoms with Crippen molar-refractivity contribution in [2.75, 3.05) is 25.5 Å². The highest BCUT2D eigenvalue weighted by Crippen LogP contribution is 2.28. The lowest BCUT2D eigenvalue weighted by Crippen LogP contribution is -2.29. The van der Waals surface area contributed by atoms with E-state index in [2.05, 4.69) is 64.3 Å². The molecule has 1 fully saturated rings. The zero-order chi connectivity index (χ0) is 25.1. The van der Waals surface area contributed by atoms with Gasteiger partial charge in [0, 0.05) is 53.0 Å². The largest absolute Gasteiger partial charge is 0.382 e. The van der Waals surface area contributed by atoms with Crippen LogP contribution in [0.4, 0.5) is 5.69 Å². The molecule has 6 heteroatoms. The van der Waals surface area contributed by atoms with Crippen LogP contribution >= 0.6 is 0 Å². The van der Waals surface area contributed by atoms with E-state index in [1.54, 1.807) is 6.20 Å². The molecule has 0 atom stereocenters. The molecule has 0 bridgehead atoms. The van der Waals surface area contributed by atoms with E-state index in [-0.39, 0.29) is 12.2 Å². The van der Waals surface area contributed by atoms with Crippen LogP contribution in [0.3, 0.4) is 0 Å². The van der Waals surface area contributed by atoms with Crippen molar-refractivity contribution in [3.63, 3.8) is 0 Å². The van der Waals surface area contributed by atoms with Gasteiger partial charge >= 0.3 is 0 Å². The average molecular weight is 480 g/mol. The third kappa shape index (κ3) is 5.60. The Labute approximate surface area is 212 Å². The summed E-state index contributed by atoms with van der Waals surface area (Å²) in [5.41, 5.74) is 5.57. The van der Waals surface area contributed by atoms with Crippen LogP contribution in [0, 0.1) is 0 Å². The van der Waals surface area contributed by atoms with Crippen molar-refractivity contribution in [3.05, 3.63) is 84.1 Å². The number of carbonyl (C=O) groups excluding carboxylic acids is 1. The van der Waals surface area contributed by atoms with Crippen LogP contribution in [0.15, 0.2) is 67.3 Å². The first-order chi connectivity index (χ1) is 17.4. The number of hydrogen-bond acceptors (Lipinski definition) is 6. The van der Waals surface area contributed by atoms with E-state index < -0.39 is 0 Å². The number of Topliss-reactive ketones (excluding diaryl/α,β-unsaturated/α-hetero) is 1. The topological polar surface area (TPSA) is 71.0 Å². The van der Waals surface area contributed by atoms with Crippen LogP contribution in [-0.2, 0) is 6.42 Å². The molecule has 0 unspecified atom stereocenters. The molecule has 1 N–H and O–H groups in total. The molecule has 1 aliphatic heterocycles. The first-order valence-electron chi connectivity index (χ1n) is 12.7. The maximum atomic E-state index is 13.2. The zero-order valence-corrected chi connectivity index (χ0v) is 21.2. The van der Waals surface area contributed by atoms with Gasteiger partial charge in [-0.3, -0.25) is 19.7 Å². The van der Waals surface area contributed by atoms with E-state index in [9.17, 15) is 4.79 Å². The van der Waals surface area contributed by atoms with Gasteiger partial charge in [0.15, 0.2) is 5.78 Å². The van der Waals surface area contributed by atoms with E-state index in [0.717, 1.165) is 64.9 Å². The first kappa shape index (κ1) is 24.1. The molecule has 3 aromatic heterocycles. The molecule has 0 amide bonds. The van der Waals surface area contributed by atoms with E-state index in [4.69, 9.17) is 0 Å². The molecule has 0 aliphatic carbocycles. The van der Waals surface area contributed by atoms with Gasteiger partial charge in [0.05, 0.1) is 17.8 Å². The van der Waals surface area contributed by atoms with E-state index in [1.165, 1.54) is 5.56 Å². The number of anilines is 1. The van der Waals surface area contributed by atoms with Crippen molar-refractivity contribution in [1.29, 1.82) is 0 Å². The van der Waals surface area contributed by atoms with Gasteiger partial charge in [-0.1, -0.05) is 18.2 Å². The van der Waals surface area contributed by atoms with Gasteiger partial charge in [-0.15, -0.1) is 0 Å². The van der Waals surface area contributed by atoms with Gasteiger partial charge in [-0.2, -0.15) is 0 Å². The van der Waals surface area contributed by atoms with E-state index >= 15 is 0 Å². The summed E-state index contributed by atoms with van der Waals surface area (Å²) in [4.78, 5) is 29.1. The molecule has 1 aliphatic rings. The maximum absolute atomic E-state index is 13.2. The lowest BCUT2D eigenvalue weighted by Gasteiger charge is -2.29. The Bertz CT molecular complexity index is 1370. The summed E-state index contributed by atoms with van der Waals surface area (Å²) in [6, 6.07) is 14.6. The second-order valence-corrected chi connectivity index (χ2v) is 10.2. The van der Waals surface area contributed by atoms with Crippen molar-refractivity contribution >= 4 is 22.2 Å². The van der Waals surface area contributed by atoms with Gasteiger partial charge in [0.25, 0.3) is 0 Å². The molecular weight excluding hydrogens is 446 g/mol. The SMILES string of the molecule is CC(C)Nc1cncc(-c2cc3cc(CC(=O)c4cccc(C5CCN(C)CC5)c4)ncc3cn2)c1. The van der Waals surface area contributed by atoms with Crippen molar-refractivity contribution in [2.45, 2.75) is 45.1 Å². The Hall–Kier alpha value is -3.64. The summed E-state index contributed by atoms with van der Waals surface area (Å²) in [5.74, 6) is 0.630. The molecule has 0 spiro atoms. The lowest BCUT2D eigenvalue weighted by molar-refractivity contribution is 0.0992. The van der Waals surface area contributed by atoms with E-state index in [0.29, 0.717) is 12.0 Å². The minimum atomic E-state index is 0.0996. The summed E-state index contributed by atoms with van der Waals surface area (Å²) in [6.07, 6.45) is 9.84. The van der Waals surface area contributed by atoms with Crippen molar-refractivity contribution in [2.24, 2.45) is 0 Å². The van der Waals surface area contributed by atoms with Gasteiger partial charge in [-0.05, 0) is 88.0 Å². The van der Waals surface area contributed by atoms with Crippen molar-refractivity contribution in [1.82, 2.24) is 19.9 Å². The first-order valence-corrected chi connectivity index (χ1v) is 12.7. The fourth-order valence-electron chi connectivity index (χ4n) is 4.90. The fourth-order valence-corrected chi connectivity index (χ4v) is 4.90. The highest BCUT2D eigenvalue weighted by Gasteiger charge is 2.19. The number of nitrogens with one attached hydrogen (secondary N) is 1. The van der Waals surface area contributed by atoms with Crippen LogP contribution in [0.5, 0.6) is 0 Å². The third-order valence-corrected chi connectivity index (χ3v) is 6.89. The number of fused-ring (bicyclic) bond motifs is 1.